The van der Waals surface area contributed by atoms with Crippen LogP contribution in [-0.2, 0) is 10.1 Å². The van der Waals surface area contributed by atoms with E-state index in [0.717, 1.165) is 5.19 Å². The first-order valence-electron chi connectivity index (χ1n) is 5.94. The molecule has 0 amide bonds. The zero-order valence-electron chi connectivity index (χ0n) is 12.9. The van der Waals surface area contributed by atoms with Crippen LogP contribution in [0.3, 0.4) is 0 Å². The number of benzene rings is 1. The third-order valence-corrected chi connectivity index (χ3v) is 8.06. The summed E-state index contributed by atoms with van der Waals surface area (Å²) in [6, 6.07) is 4.92. The molecule has 0 saturated carbocycles. The molecule has 0 N–H and O–H groups in total. The maximum Gasteiger partial charge on any atom is 1.00 e. The molecule has 0 aliphatic rings. The Bertz CT molecular complexity index is 557. The first-order chi connectivity index (χ1) is 7.83. The summed E-state index contributed by atoms with van der Waals surface area (Å²) in [5, 5.41) is 2.38. The Morgan fingerprint density at radius 3 is 1.63 bits per heavy atom. The summed E-state index contributed by atoms with van der Waals surface area (Å²) in [4.78, 5) is -0.0954. The van der Waals surface area contributed by atoms with E-state index >= 15 is 0 Å². The summed E-state index contributed by atoms with van der Waals surface area (Å²) in [5.41, 5.74) is 0. The van der Waals surface area contributed by atoms with E-state index in [4.69, 9.17) is 0 Å². The van der Waals surface area contributed by atoms with Gasteiger partial charge in [-0.05, 0) is 12.1 Å². The predicted molar refractivity (Wildman–Crippen MR) is 80.4 cm³/mol. The van der Waals surface area contributed by atoms with Crippen molar-refractivity contribution < 1.29 is 64.4 Å². The molecule has 0 atom stereocenters. The molecule has 19 heavy (non-hydrogen) atoms. The van der Waals surface area contributed by atoms with Gasteiger partial charge in [0, 0.05) is 0 Å². The number of rotatable bonds is 3. The molecular formula is C12H21KO3SSi2. The molecule has 0 fully saturated rings. The Morgan fingerprint density at radius 1 is 0.895 bits per heavy atom. The predicted octanol–water partition coefficient (Wildman–Crippen LogP) is -1.31. The molecule has 1 aromatic carbocycles. The van der Waals surface area contributed by atoms with Crippen LogP contribution in [0.25, 0.3) is 0 Å². The second-order valence-electron chi connectivity index (χ2n) is 6.66. The normalized spacial score (nSPS) is 13.0. The molecule has 102 valence electrons. The molecule has 0 aromatic heterocycles. The Labute approximate surface area is 161 Å². The summed E-state index contributed by atoms with van der Waals surface area (Å²) >= 11 is 0. The van der Waals surface area contributed by atoms with Crippen LogP contribution in [0.5, 0.6) is 0 Å². The second-order valence-corrected chi connectivity index (χ2v) is 18.1. The van der Waals surface area contributed by atoms with Crippen LogP contribution >= 0.6 is 0 Å². The number of hydrogen-bond donors (Lipinski definition) is 0. The average molecular weight is 341 g/mol. The van der Waals surface area contributed by atoms with E-state index in [1.54, 1.807) is 6.07 Å². The fraction of sp³-hybridized carbons (Fsp3) is 0.500. The fourth-order valence-corrected chi connectivity index (χ4v) is 7.75. The van der Waals surface area contributed by atoms with E-state index in [0.29, 0.717) is 0 Å². The monoisotopic (exact) mass is 340 g/mol. The van der Waals surface area contributed by atoms with Crippen molar-refractivity contribution in [3.05, 3.63) is 18.2 Å². The molecule has 0 saturated heterocycles. The van der Waals surface area contributed by atoms with Gasteiger partial charge in [-0.15, -0.1) is 0 Å². The summed E-state index contributed by atoms with van der Waals surface area (Å²) in [6.07, 6.45) is 0. The molecular weight excluding hydrogens is 319 g/mol. The smallest absolute Gasteiger partial charge is 0.744 e. The van der Waals surface area contributed by atoms with Gasteiger partial charge in [-0.1, -0.05) is 55.7 Å². The van der Waals surface area contributed by atoms with Gasteiger partial charge >= 0.3 is 51.4 Å². The van der Waals surface area contributed by atoms with Crippen LogP contribution in [-0.4, -0.2) is 29.1 Å². The van der Waals surface area contributed by atoms with Crippen LogP contribution in [0.4, 0.5) is 0 Å². The maximum atomic E-state index is 11.1. The molecule has 0 aliphatic carbocycles. The Hall–Kier alpha value is 1.20. The van der Waals surface area contributed by atoms with E-state index in [-0.39, 0.29) is 56.3 Å². The first kappa shape index (κ1) is 20.2. The fourth-order valence-electron chi connectivity index (χ4n) is 1.95. The SMILES string of the molecule is C[Si](C)(C)c1ccc(S(=O)(=O)[O-])cc1[Si](C)(C)C.[K+]. The van der Waals surface area contributed by atoms with Gasteiger partial charge in [0.15, 0.2) is 0 Å². The average Bonchev–Trinajstić information content (AvgIpc) is 2.12. The maximum absolute atomic E-state index is 11.1. The van der Waals surface area contributed by atoms with Gasteiger partial charge < -0.3 is 4.55 Å². The van der Waals surface area contributed by atoms with E-state index in [9.17, 15) is 13.0 Å². The topological polar surface area (TPSA) is 57.2 Å². The molecule has 3 nitrogen and oxygen atoms in total. The molecule has 0 bridgehead atoms. The van der Waals surface area contributed by atoms with Gasteiger partial charge in [-0.2, -0.15) is 0 Å². The van der Waals surface area contributed by atoms with Crippen molar-refractivity contribution in [1.29, 1.82) is 0 Å². The third kappa shape index (κ3) is 5.48. The Kier molecular flexibility index (Phi) is 6.95. The van der Waals surface area contributed by atoms with E-state index in [1.807, 2.05) is 6.07 Å². The first-order valence-corrected chi connectivity index (χ1v) is 14.4. The largest absolute Gasteiger partial charge is 1.00 e. The van der Waals surface area contributed by atoms with Gasteiger partial charge in [0.05, 0.1) is 21.0 Å². The Morgan fingerprint density at radius 2 is 1.32 bits per heavy atom. The van der Waals surface area contributed by atoms with Crippen LogP contribution in [0.15, 0.2) is 23.1 Å². The standard InChI is InChI=1S/C12H22O3SSi2.K/c1-17(2,3)11-8-7-10(16(13,14)15)9-12(11)18(4,5)6;/h7-9H,1-6H3,(H,13,14,15);/q;+1/p-1. The quantitative estimate of drug-likeness (QED) is 0.507. The van der Waals surface area contributed by atoms with Gasteiger partial charge in [-0.25, -0.2) is 8.42 Å². The number of hydrogen-bond acceptors (Lipinski definition) is 3. The van der Waals surface area contributed by atoms with Crippen molar-refractivity contribution in [2.75, 3.05) is 0 Å². The molecule has 0 spiro atoms. The zero-order chi connectivity index (χ0) is 14.4. The van der Waals surface area contributed by atoms with Gasteiger partial charge in [0.2, 0.25) is 0 Å². The van der Waals surface area contributed by atoms with Crippen LogP contribution in [0.2, 0.25) is 39.3 Å². The summed E-state index contributed by atoms with van der Waals surface area (Å²) in [7, 11) is -7.56. The van der Waals surface area contributed by atoms with E-state index < -0.39 is 26.3 Å². The minimum absolute atomic E-state index is 0. The van der Waals surface area contributed by atoms with Crippen LogP contribution in [0, 0.1) is 0 Å². The molecule has 1 aromatic rings. The van der Waals surface area contributed by atoms with E-state index in [2.05, 4.69) is 39.3 Å². The molecule has 7 heteroatoms. The van der Waals surface area contributed by atoms with Crippen molar-refractivity contribution in [3.63, 3.8) is 0 Å². The van der Waals surface area contributed by atoms with Crippen molar-refractivity contribution in [3.8, 4) is 0 Å². The van der Waals surface area contributed by atoms with Crippen molar-refractivity contribution in [2.45, 2.75) is 44.2 Å². The van der Waals surface area contributed by atoms with Gasteiger partial charge in [-0.3, -0.25) is 0 Å². The summed E-state index contributed by atoms with van der Waals surface area (Å²) < 4.78 is 33.4. The van der Waals surface area contributed by atoms with Crippen molar-refractivity contribution in [2.24, 2.45) is 0 Å². The molecule has 0 unspecified atom stereocenters. The molecule has 1 rings (SSSR count). The molecule has 0 aliphatic heterocycles. The summed E-state index contributed by atoms with van der Waals surface area (Å²) in [6.45, 7) is 13.2. The minimum Gasteiger partial charge on any atom is -0.744 e. The summed E-state index contributed by atoms with van der Waals surface area (Å²) in [5.74, 6) is 0. The second kappa shape index (κ2) is 6.53. The third-order valence-electron chi connectivity index (χ3n) is 2.90. The minimum atomic E-state index is -4.36. The van der Waals surface area contributed by atoms with Gasteiger partial charge in [0.1, 0.15) is 10.1 Å². The molecule has 0 radical (unpaired) electrons. The zero-order valence-corrected chi connectivity index (χ0v) is 18.8. The van der Waals surface area contributed by atoms with Crippen LogP contribution < -0.4 is 61.8 Å². The van der Waals surface area contributed by atoms with E-state index in [1.165, 1.54) is 11.3 Å². The van der Waals surface area contributed by atoms with Crippen LogP contribution in [0.1, 0.15) is 0 Å². The van der Waals surface area contributed by atoms with Gasteiger partial charge in [0.25, 0.3) is 0 Å². The molecule has 0 heterocycles. The van der Waals surface area contributed by atoms with Crippen molar-refractivity contribution >= 4 is 36.6 Å². The Balaban J connectivity index is 0.00000324. The van der Waals surface area contributed by atoms with Crippen molar-refractivity contribution in [1.82, 2.24) is 0 Å².